The van der Waals surface area contributed by atoms with Gasteiger partial charge in [0.2, 0.25) is 10.0 Å². The zero-order chi connectivity index (χ0) is 19.5. The van der Waals surface area contributed by atoms with Crippen molar-refractivity contribution in [3.63, 3.8) is 0 Å². The van der Waals surface area contributed by atoms with Gasteiger partial charge in [0.05, 0.1) is 32.8 Å². The van der Waals surface area contributed by atoms with Crippen LogP contribution in [0, 0.1) is 11.3 Å². The van der Waals surface area contributed by atoms with Crippen LogP contribution < -0.4 is 9.86 Å². The molecule has 0 unspecified atom stereocenters. The van der Waals surface area contributed by atoms with Crippen molar-refractivity contribution in [2.75, 3.05) is 4.72 Å². The van der Waals surface area contributed by atoms with E-state index in [2.05, 4.69) is 4.72 Å². The van der Waals surface area contributed by atoms with Crippen LogP contribution in [-0.4, -0.2) is 16.8 Å². The predicted molar refractivity (Wildman–Crippen MR) is 101 cm³/mol. The minimum atomic E-state index is -4.25. The van der Waals surface area contributed by atoms with Crippen molar-refractivity contribution < 1.29 is 16.8 Å². The van der Waals surface area contributed by atoms with Gasteiger partial charge in [-0.25, -0.2) is 22.0 Å². The van der Waals surface area contributed by atoms with Gasteiger partial charge >= 0.3 is 0 Å². The number of hydrogen-bond acceptors (Lipinski definition) is 5. The lowest BCUT2D eigenvalue weighted by molar-refractivity contribution is 0.598. The summed E-state index contributed by atoms with van der Waals surface area (Å²) in [5.74, 6) is 0. The topological polar surface area (TPSA) is 130 Å². The van der Waals surface area contributed by atoms with E-state index < -0.39 is 24.9 Å². The van der Waals surface area contributed by atoms with E-state index in [1.165, 1.54) is 24.3 Å². The lowest BCUT2D eigenvalue weighted by Crippen LogP contribution is -2.17. The fourth-order valence-corrected chi connectivity index (χ4v) is 3.86. The summed E-state index contributed by atoms with van der Waals surface area (Å²) < 4.78 is 49.8. The Labute approximate surface area is 160 Å². The molecule has 0 aliphatic rings. The summed E-state index contributed by atoms with van der Waals surface area (Å²) >= 11 is 11.6. The third kappa shape index (κ3) is 5.20. The van der Waals surface area contributed by atoms with Gasteiger partial charge in [-0.2, -0.15) is 5.26 Å². The van der Waals surface area contributed by atoms with Gasteiger partial charge in [-0.3, -0.25) is 4.72 Å². The van der Waals surface area contributed by atoms with Gasteiger partial charge in [0, 0.05) is 0 Å². The van der Waals surface area contributed by atoms with Crippen LogP contribution in [0.5, 0.6) is 0 Å². The van der Waals surface area contributed by atoms with Crippen molar-refractivity contribution in [1.82, 2.24) is 0 Å². The van der Waals surface area contributed by atoms with Gasteiger partial charge in [0.25, 0.3) is 10.0 Å². The highest BCUT2D eigenvalue weighted by molar-refractivity contribution is 7.95. The highest BCUT2D eigenvalue weighted by atomic mass is 35.5. The van der Waals surface area contributed by atoms with E-state index in [9.17, 15) is 16.8 Å². The van der Waals surface area contributed by atoms with Crippen LogP contribution in [0.2, 0.25) is 10.0 Å². The maximum absolute atomic E-state index is 12.2. The molecule has 0 saturated heterocycles. The van der Waals surface area contributed by atoms with E-state index in [-0.39, 0.29) is 16.3 Å². The summed E-state index contributed by atoms with van der Waals surface area (Å²) in [7, 11) is -8.32. The molecule has 0 fully saturated rings. The molecule has 3 N–H and O–H groups in total. The molecule has 0 aliphatic carbocycles. The van der Waals surface area contributed by atoms with Crippen molar-refractivity contribution >= 4 is 55.0 Å². The summed E-state index contributed by atoms with van der Waals surface area (Å²) in [6, 6.07) is 9.66. The largest absolute Gasteiger partial charge is 0.279 e. The average Bonchev–Trinajstić information content (AvgIpc) is 2.55. The Bertz CT molecular complexity index is 1140. The smallest absolute Gasteiger partial charge is 0.255 e. The second-order valence-electron chi connectivity index (χ2n) is 4.99. The van der Waals surface area contributed by atoms with Gasteiger partial charge in [-0.15, -0.1) is 0 Å². The summed E-state index contributed by atoms with van der Waals surface area (Å²) in [6.45, 7) is 0. The SMILES string of the molecule is N#Cc1ccc(NS(=O)(=O)C=Cc2ccc(Cl)c(Cl)c2)c(S(N)(=O)=O)c1. The number of halogens is 2. The molecule has 0 heterocycles. The van der Waals surface area contributed by atoms with Crippen LogP contribution in [0.15, 0.2) is 46.7 Å². The molecule has 0 atom stereocenters. The van der Waals surface area contributed by atoms with E-state index in [1.54, 1.807) is 12.1 Å². The number of sulfonamides is 2. The van der Waals surface area contributed by atoms with Crippen molar-refractivity contribution in [2.45, 2.75) is 4.90 Å². The maximum Gasteiger partial charge on any atom is 0.255 e. The Morgan fingerprint density at radius 2 is 1.73 bits per heavy atom. The maximum atomic E-state index is 12.2. The number of rotatable bonds is 5. The summed E-state index contributed by atoms with van der Waals surface area (Å²) in [6.07, 6.45) is 1.25. The molecule has 0 spiro atoms. The minimum Gasteiger partial charge on any atom is -0.279 e. The first kappa shape index (κ1) is 20.2. The fraction of sp³-hybridized carbons (Fsp3) is 0. The third-order valence-electron chi connectivity index (χ3n) is 3.05. The van der Waals surface area contributed by atoms with Crippen LogP contribution in [-0.2, 0) is 20.0 Å². The van der Waals surface area contributed by atoms with Crippen LogP contribution in [0.3, 0.4) is 0 Å². The molecule has 2 aromatic rings. The number of nitriles is 1. The number of nitrogens with two attached hydrogens (primary N) is 1. The number of primary sulfonamides is 1. The van der Waals surface area contributed by atoms with Gasteiger partial charge < -0.3 is 0 Å². The van der Waals surface area contributed by atoms with E-state index in [1.807, 2.05) is 0 Å². The van der Waals surface area contributed by atoms with E-state index >= 15 is 0 Å². The third-order valence-corrected chi connectivity index (χ3v) is 5.74. The summed E-state index contributed by atoms with van der Waals surface area (Å²) in [4.78, 5) is -0.511. The van der Waals surface area contributed by atoms with E-state index in [0.29, 0.717) is 10.6 Å². The van der Waals surface area contributed by atoms with Crippen LogP contribution in [0.25, 0.3) is 6.08 Å². The Kier molecular flexibility index (Phi) is 5.95. The first-order chi connectivity index (χ1) is 12.0. The van der Waals surface area contributed by atoms with E-state index in [4.69, 9.17) is 33.6 Å². The quantitative estimate of drug-likeness (QED) is 0.750. The predicted octanol–water partition coefficient (Wildman–Crippen LogP) is 2.93. The first-order valence-electron chi connectivity index (χ1n) is 6.75. The fourth-order valence-electron chi connectivity index (χ4n) is 1.88. The molecule has 26 heavy (non-hydrogen) atoms. The molecule has 7 nitrogen and oxygen atoms in total. The monoisotopic (exact) mass is 431 g/mol. The van der Waals surface area contributed by atoms with Crippen LogP contribution >= 0.6 is 23.2 Å². The molecule has 0 radical (unpaired) electrons. The van der Waals surface area contributed by atoms with Gasteiger partial charge in [-0.1, -0.05) is 29.3 Å². The second kappa shape index (κ2) is 7.65. The molecule has 2 rings (SSSR count). The standard InChI is InChI=1S/C15H11Cl2N3O4S2/c16-12-3-1-10(7-13(12)17)5-6-25(21,22)20-14-4-2-11(9-18)8-15(14)26(19,23)24/h1-8,20H,(H2,19,23,24). The zero-order valence-corrected chi connectivity index (χ0v) is 16.0. The first-order valence-corrected chi connectivity index (χ1v) is 10.6. The lowest BCUT2D eigenvalue weighted by Gasteiger charge is -2.09. The van der Waals surface area contributed by atoms with E-state index in [0.717, 1.165) is 17.5 Å². The molecular weight excluding hydrogens is 421 g/mol. The van der Waals surface area contributed by atoms with Crippen molar-refractivity contribution in [2.24, 2.45) is 5.14 Å². The highest BCUT2D eigenvalue weighted by Gasteiger charge is 2.18. The van der Waals surface area contributed by atoms with Crippen LogP contribution in [0.4, 0.5) is 5.69 Å². The normalized spacial score (nSPS) is 12.1. The zero-order valence-electron chi connectivity index (χ0n) is 12.8. The second-order valence-corrected chi connectivity index (χ2v) is 8.90. The van der Waals surface area contributed by atoms with Crippen molar-refractivity contribution in [1.29, 1.82) is 5.26 Å². The summed E-state index contributed by atoms with van der Waals surface area (Å²) in [5.41, 5.74) is 0.213. The molecular formula is C15H11Cl2N3O4S2. The van der Waals surface area contributed by atoms with Gasteiger partial charge in [0.1, 0.15) is 4.90 Å². The van der Waals surface area contributed by atoms with Crippen LogP contribution in [0.1, 0.15) is 11.1 Å². The molecule has 0 bridgehead atoms. The minimum absolute atomic E-state index is 0.0170. The van der Waals surface area contributed by atoms with Crippen molar-refractivity contribution in [3.8, 4) is 6.07 Å². The number of hydrogen-bond donors (Lipinski definition) is 2. The molecule has 0 saturated carbocycles. The lowest BCUT2D eigenvalue weighted by atomic mass is 10.2. The Morgan fingerprint density at radius 1 is 1.04 bits per heavy atom. The van der Waals surface area contributed by atoms with Gasteiger partial charge in [0.15, 0.2) is 0 Å². The molecule has 11 heteroatoms. The molecule has 0 amide bonds. The Hall–Kier alpha value is -2.09. The molecule has 136 valence electrons. The molecule has 0 aliphatic heterocycles. The number of nitrogens with zero attached hydrogens (tertiary/aromatic N) is 1. The highest BCUT2D eigenvalue weighted by Crippen LogP contribution is 2.25. The van der Waals surface area contributed by atoms with Crippen molar-refractivity contribution in [3.05, 3.63) is 63.0 Å². The number of nitrogens with one attached hydrogen (secondary N) is 1. The summed E-state index contributed by atoms with van der Waals surface area (Å²) in [5, 5.41) is 15.3. The Morgan fingerprint density at radius 3 is 2.31 bits per heavy atom. The number of benzene rings is 2. The molecule has 2 aromatic carbocycles. The number of anilines is 1. The average molecular weight is 432 g/mol. The molecule has 0 aromatic heterocycles. The Balaban J connectivity index is 2.36. The van der Waals surface area contributed by atoms with Gasteiger partial charge in [-0.05, 0) is 42.0 Å².